The molecule has 1 aliphatic rings. The Morgan fingerprint density at radius 3 is 3.11 bits per heavy atom. The molecule has 1 aliphatic heterocycles. The Kier molecular flexibility index (Phi) is 5.16. The fraction of sp³-hybridized carbons (Fsp3) is 0.769. The fourth-order valence-corrected chi connectivity index (χ4v) is 2.26. The topological polar surface area (TPSA) is 42.3 Å². The first-order valence-corrected chi connectivity index (χ1v) is 6.73. The van der Waals surface area contributed by atoms with Crippen molar-refractivity contribution < 1.29 is 4.74 Å². The van der Waals surface area contributed by atoms with E-state index in [-0.39, 0.29) is 0 Å². The van der Waals surface area contributed by atoms with Gasteiger partial charge in [0.05, 0.1) is 25.2 Å². The predicted molar refractivity (Wildman–Crippen MR) is 71.6 cm³/mol. The summed E-state index contributed by atoms with van der Waals surface area (Å²) in [6, 6.07) is 0.481. The molecule has 5 nitrogen and oxygen atoms in total. The van der Waals surface area contributed by atoms with E-state index in [1.807, 2.05) is 12.5 Å². The van der Waals surface area contributed by atoms with Crippen LogP contribution in [0.1, 0.15) is 24.6 Å². The molecular weight excluding hydrogens is 228 g/mol. The number of ether oxygens (including phenoxy) is 1. The van der Waals surface area contributed by atoms with Crippen molar-refractivity contribution in [3.63, 3.8) is 0 Å². The number of imidazole rings is 1. The van der Waals surface area contributed by atoms with Crippen molar-refractivity contribution in [2.24, 2.45) is 0 Å². The highest BCUT2D eigenvalue weighted by atomic mass is 16.5. The second kappa shape index (κ2) is 6.87. The van der Waals surface area contributed by atoms with E-state index in [0.29, 0.717) is 6.04 Å². The minimum absolute atomic E-state index is 0.481. The highest BCUT2D eigenvalue weighted by Crippen LogP contribution is 2.22. The van der Waals surface area contributed by atoms with E-state index in [2.05, 4.69) is 33.9 Å². The van der Waals surface area contributed by atoms with Crippen LogP contribution in [0.15, 0.2) is 12.5 Å². The first-order chi connectivity index (χ1) is 8.77. The lowest BCUT2D eigenvalue weighted by atomic mass is 10.2. The summed E-state index contributed by atoms with van der Waals surface area (Å²) in [5, 5.41) is 3.51. The molecule has 102 valence electrons. The van der Waals surface area contributed by atoms with Crippen molar-refractivity contribution in [2.45, 2.75) is 25.4 Å². The van der Waals surface area contributed by atoms with E-state index in [1.54, 1.807) is 0 Å². The van der Waals surface area contributed by atoms with Gasteiger partial charge in [0.15, 0.2) is 0 Å². The van der Waals surface area contributed by atoms with Crippen molar-refractivity contribution in [1.82, 2.24) is 19.8 Å². The Balaban J connectivity index is 1.74. The molecule has 1 saturated heterocycles. The van der Waals surface area contributed by atoms with E-state index in [9.17, 15) is 0 Å². The van der Waals surface area contributed by atoms with Crippen molar-refractivity contribution in [3.05, 3.63) is 18.2 Å². The quantitative estimate of drug-likeness (QED) is 0.732. The van der Waals surface area contributed by atoms with E-state index >= 15 is 0 Å². The molecular formula is C13H24N4O. The van der Waals surface area contributed by atoms with Crippen molar-refractivity contribution in [1.29, 1.82) is 0 Å². The zero-order valence-electron chi connectivity index (χ0n) is 11.4. The zero-order chi connectivity index (χ0) is 12.8. The number of rotatable bonds is 7. The van der Waals surface area contributed by atoms with E-state index in [0.717, 1.165) is 32.8 Å². The van der Waals surface area contributed by atoms with E-state index in [4.69, 9.17) is 4.74 Å². The molecule has 0 amide bonds. The summed E-state index contributed by atoms with van der Waals surface area (Å²) in [6.45, 7) is 4.53. The van der Waals surface area contributed by atoms with Crippen LogP contribution in [-0.4, -0.2) is 54.8 Å². The standard InChI is InChI=1S/C13H24N4O/c1-16(2)6-8-18-9-7-17-11-14-10-13(17)12-4-3-5-15-12/h10-12,15H,3-9H2,1-2H3/t12-/m0/s1. The Bertz CT molecular complexity index is 345. The molecule has 0 aliphatic carbocycles. The van der Waals surface area contributed by atoms with Gasteiger partial charge in [0.2, 0.25) is 0 Å². The minimum atomic E-state index is 0.481. The molecule has 0 aromatic carbocycles. The first kappa shape index (κ1) is 13.5. The van der Waals surface area contributed by atoms with Crippen LogP contribution in [-0.2, 0) is 11.3 Å². The highest BCUT2D eigenvalue weighted by Gasteiger charge is 2.19. The van der Waals surface area contributed by atoms with Crippen LogP contribution >= 0.6 is 0 Å². The lowest BCUT2D eigenvalue weighted by Crippen LogP contribution is -2.20. The molecule has 2 heterocycles. The maximum Gasteiger partial charge on any atom is 0.0949 e. The van der Waals surface area contributed by atoms with Gasteiger partial charge in [0, 0.05) is 25.3 Å². The van der Waals surface area contributed by atoms with Gasteiger partial charge >= 0.3 is 0 Å². The predicted octanol–water partition coefficient (Wildman–Crippen LogP) is 0.886. The number of likely N-dealkylation sites (N-methyl/N-ethyl adjacent to an activating group) is 1. The molecule has 0 radical (unpaired) electrons. The molecule has 0 unspecified atom stereocenters. The van der Waals surface area contributed by atoms with Crippen molar-refractivity contribution in [3.8, 4) is 0 Å². The second-order valence-corrected chi connectivity index (χ2v) is 5.08. The summed E-state index contributed by atoms with van der Waals surface area (Å²) in [4.78, 5) is 6.38. The van der Waals surface area contributed by atoms with Gasteiger partial charge in [-0.3, -0.25) is 0 Å². The summed E-state index contributed by atoms with van der Waals surface area (Å²) >= 11 is 0. The van der Waals surface area contributed by atoms with Crippen LogP contribution in [0, 0.1) is 0 Å². The van der Waals surface area contributed by atoms with Gasteiger partial charge in [-0.1, -0.05) is 0 Å². The number of nitrogens with one attached hydrogen (secondary N) is 1. The molecule has 5 heteroatoms. The lowest BCUT2D eigenvalue weighted by Gasteiger charge is -2.14. The van der Waals surface area contributed by atoms with Crippen LogP contribution in [0.4, 0.5) is 0 Å². The molecule has 2 rings (SSSR count). The lowest BCUT2D eigenvalue weighted by molar-refractivity contribution is 0.110. The van der Waals surface area contributed by atoms with Crippen molar-refractivity contribution >= 4 is 0 Å². The van der Waals surface area contributed by atoms with E-state index in [1.165, 1.54) is 18.5 Å². The van der Waals surface area contributed by atoms with Crippen LogP contribution in [0.5, 0.6) is 0 Å². The highest BCUT2D eigenvalue weighted by molar-refractivity contribution is 5.07. The summed E-state index contributed by atoms with van der Waals surface area (Å²) in [6.07, 6.45) is 6.36. The van der Waals surface area contributed by atoms with Crippen LogP contribution in [0.3, 0.4) is 0 Å². The summed E-state index contributed by atoms with van der Waals surface area (Å²) < 4.78 is 7.83. The average Bonchev–Trinajstić information content (AvgIpc) is 2.97. The molecule has 1 fully saturated rings. The van der Waals surface area contributed by atoms with Crippen LogP contribution in [0.2, 0.25) is 0 Å². The van der Waals surface area contributed by atoms with Gasteiger partial charge in [-0.25, -0.2) is 4.98 Å². The Labute approximate surface area is 109 Å². The van der Waals surface area contributed by atoms with Gasteiger partial charge in [-0.2, -0.15) is 0 Å². The van der Waals surface area contributed by atoms with Gasteiger partial charge in [-0.15, -0.1) is 0 Å². The molecule has 0 saturated carbocycles. The third-order valence-corrected chi connectivity index (χ3v) is 3.32. The maximum atomic E-state index is 5.62. The van der Waals surface area contributed by atoms with Gasteiger partial charge in [-0.05, 0) is 33.5 Å². The third-order valence-electron chi connectivity index (χ3n) is 3.32. The summed E-state index contributed by atoms with van der Waals surface area (Å²) in [5.74, 6) is 0. The van der Waals surface area contributed by atoms with Gasteiger partial charge in [0.1, 0.15) is 0 Å². The van der Waals surface area contributed by atoms with Gasteiger partial charge in [0.25, 0.3) is 0 Å². The largest absolute Gasteiger partial charge is 0.378 e. The first-order valence-electron chi connectivity index (χ1n) is 6.73. The third kappa shape index (κ3) is 3.80. The molecule has 1 atom stereocenters. The summed E-state index contributed by atoms with van der Waals surface area (Å²) in [7, 11) is 4.12. The Hall–Kier alpha value is -0.910. The van der Waals surface area contributed by atoms with Crippen LogP contribution in [0.25, 0.3) is 0 Å². The number of hydrogen-bond acceptors (Lipinski definition) is 4. The average molecular weight is 252 g/mol. The minimum Gasteiger partial charge on any atom is -0.378 e. The molecule has 1 aromatic heterocycles. The molecule has 18 heavy (non-hydrogen) atoms. The number of aromatic nitrogens is 2. The van der Waals surface area contributed by atoms with Gasteiger partial charge < -0.3 is 19.5 Å². The molecule has 1 aromatic rings. The number of hydrogen-bond donors (Lipinski definition) is 1. The normalized spacial score (nSPS) is 19.8. The zero-order valence-corrected chi connectivity index (χ0v) is 11.4. The monoisotopic (exact) mass is 252 g/mol. The van der Waals surface area contributed by atoms with Crippen LogP contribution < -0.4 is 5.32 Å². The fourth-order valence-electron chi connectivity index (χ4n) is 2.26. The molecule has 1 N–H and O–H groups in total. The second-order valence-electron chi connectivity index (χ2n) is 5.08. The Morgan fingerprint density at radius 1 is 1.50 bits per heavy atom. The smallest absolute Gasteiger partial charge is 0.0949 e. The summed E-state index contributed by atoms with van der Waals surface area (Å²) in [5.41, 5.74) is 1.30. The van der Waals surface area contributed by atoms with Crippen molar-refractivity contribution in [2.75, 3.05) is 40.4 Å². The molecule has 0 bridgehead atoms. The maximum absolute atomic E-state index is 5.62. The molecule has 0 spiro atoms. The Morgan fingerprint density at radius 2 is 2.39 bits per heavy atom. The van der Waals surface area contributed by atoms with E-state index < -0.39 is 0 Å². The SMILES string of the molecule is CN(C)CCOCCn1cncc1[C@@H]1CCCN1. The number of nitrogens with zero attached hydrogens (tertiary/aromatic N) is 3.